The lowest BCUT2D eigenvalue weighted by atomic mass is 9.82. The molecule has 0 radical (unpaired) electrons. The summed E-state index contributed by atoms with van der Waals surface area (Å²) in [7, 11) is 1.74. The van der Waals surface area contributed by atoms with E-state index in [1.807, 2.05) is 0 Å². The fourth-order valence-corrected chi connectivity index (χ4v) is 1.95. The van der Waals surface area contributed by atoms with Crippen LogP contribution in [0.1, 0.15) is 51.8 Å². The van der Waals surface area contributed by atoms with E-state index in [0.717, 1.165) is 12.3 Å². The molecular formula is C17H29NO. The van der Waals surface area contributed by atoms with Crippen LogP contribution in [-0.2, 0) is 0 Å². The van der Waals surface area contributed by atoms with E-state index in [4.69, 9.17) is 4.74 Å². The molecule has 0 heterocycles. The molecule has 1 N–H and O–H groups in total. The predicted molar refractivity (Wildman–Crippen MR) is 82.8 cm³/mol. The molecule has 2 heteroatoms. The Balaban J connectivity index is 2.71. The van der Waals surface area contributed by atoms with Crippen LogP contribution in [0.15, 0.2) is 18.2 Å². The van der Waals surface area contributed by atoms with E-state index in [2.05, 4.69) is 65.1 Å². The van der Waals surface area contributed by atoms with Crippen molar-refractivity contribution in [2.45, 2.75) is 47.6 Å². The van der Waals surface area contributed by atoms with E-state index in [9.17, 15) is 0 Å². The normalized spacial score (nSPS) is 15.1. The van der Waals surface area contributed by atoms with E-state index in [-0.39, 0.29) is 0 Å². The topological polar surface area (TPSA) is 21.3 Å². The predicted octanol–water partition coefficient (Wildman–Crippen LogP) is 4.34. The minimum atomic E-state index is 0.306. The van der Waals surface area contributed by atoms with Gasteiger partial charge in [0.25, 0.3) is 0 Å². The molecule has 1 aromatic carbocycles. The van der Waals surface area contributed by atoms with Crippen molar-refractivity contribution in [1.82, 2.24) is 5.32 Å². The van der Waals surface area contributed by atoms with Crippen molar-refractivity contribution < 1.29 is 4.74 Å². The van der Waals surface area contributed by atoms with Crippen molar-refractivity contribution in [3.05, 3.63) is 29.3 Å². The average molecular weight is 263 g/mol. The largest absolute Gasteiger partial charge is 0.496 e. The van der Waals surface area contributed by atoms with Crippen LogP contribution in [0, 0.1) is 18.3 Å². The van der Waals surface area contributed by atoms with Gasteiger partial charge in [-0.3, -0.25) is 0 Å². The summed E-state index contributed by atoms with van der Waals surface area (Å²) in [5, 5.41) is 3.62. The first kappa shape index (κ1) is 16.0. The van der Waals surface area contributed by atoms with Crippen LogP contribution in [0.2, 0.25) is 0 Å². The van der Waals surface area contributed by atoms with Gasteiger partial charge in [-0.1, -0.05) is 39.8 Å². The molecule has 108 valence electrons. The van der Waals surface area contributed by atoms with Gasteiger partial charge in [0.1, 0.15) is 5.75 Å². The number of ether oxygens (including phenoxy) is 1. The van der Waals surface area contributed by atoms with Crippen LogP contribution in [-0.4, -0.2) is 13.7 Å². The van der Waals surface area contributed by atoms with Crippen molar-refractivity contribution in [3.63, 3.8) is 0 Å². The van der Waals surface area contributed by atoms with E-state index in [0.29, 0.717) is 17.4 Å². The molecule has 0 spiro atoms. The first-order valence-corrected chi connectivity index (χ1v) is 7.13. The van der Waals surface area contributed by atoms with Crippen LogP contribution in [0.3, 0.4) is 0 Å². The molecule has 0 saturated carbocycles. The van der Waals surface area contributed by atoms with E-state index in [1.165, 1.54) is 11.1 Å². The van der Waals surface area contributed by atoms with Gasteiger partial charge in [0.15, 0.2) is 0 Å². The van der Waals surface area contributed by atoms with Crippen LogP contribution in [0.4, 0.5) is 0 Å². The maximum absolute atomic E-state index is 5.48. The zero-order valence-corrected chi connectivity index (χ0v) is 13.5. The third-order valence-corrected chi connectivity index (χ3v) is 4.06. The standard InChI is InChI=1S/C17H29NO/c1-12-8-9-15(16(10-12)19-7)14(3)18-11-13(2)17(4,5)6/h8-10,13-14,18H,11H2,1-7H3. The number of methoxy groups -OCH3 is 1. The number of hydrogen-bond donors (Lipinski definition) is 1. The lowest BCUT2D eigenvalue weighted by Gasteiger charge is -2.29. The van der Waals surface area contributed by atoms with Gasteiger partial charge in [0.2, 0.25) is 0 Å². The summed E-state index contributed by atoms with van der Waals surface area (Å²) in [6.07, 6.45) is 0. The Hall–Kier alpha value is -1.02. The van der Waals surface area contributed by atoms with Crippen LogP contribution in [0.25, 0.3) is 0 Å². The number of nitrogens with one attached hydrogen (secondary N) is 1. The molecule has 0 aliphatic rings. The first-order chi connectivity index (χ1) is 8.75. The van der Waals surface area contributed by atoms with Crippen molar-refractivity contribution in [2.75, 3.05) is 13.7 Å². The van der Waals surface area contributed by atoms with E-state index in [1.54, 1.807) is 7.11 Å². The highest BCUT2D eigenvalue weighted by Crippen LogP contribution is 2.28. The summed E-state index contributed by atoms with van der Waals surface area (Å²) in [5.41, 5.74) is 2.80. The van der Waals surface area contributed by atoms with Crippen LogP contribution in [0.5, 0.6) is 5.75 Å². The zero-order chi connectivity index (χ0) is 14.6. The highest BCUT2D eigenvalue weighted by molar-refractivity contribution is 5.39. The van der Waals surface area contributed by atoms with Gasteiger partial charge in [0.05, 0.1) is 7.11 Å². The molecule has 2 atom stereocenters. The van der Waals surface area contributed by atoms with Crippen LogP contribution >= 0.6 is 0 Å². The lowest BCUT2D eigenvalue weighted by molar-refractivity contribution is 0.246. The second kappa shape index (κ2) is 6.42. The van der Waals surface area contributed by atoms with E-state index >= 15 is 0 Å². The maximum Gasteiger partial charge on any atom is 0.123 e. The van der Waals surface area contributed by atoms with Gasteiger partial charge in [-0.15, -0.1) is 0 Å². The van der Waals surface area contributed by atoms with Gasteiger partial charge < -0.3 is 10.1 Å². The lowest BCUT2D eigenvalue weighted by Crippen LogP contribution is -2.31. The molecule has 0 saturated heterocycles. The van der Waals surface area contributed by atoms with Gasteiger partial charge in [0, 0.05) is 11.6 Å². The first-order valence-electron chi connectivity index (χ1n) is 7.13. The zero-order valence-electron chi connectivity index (χ0n) is 13.5. The molecule has 0 aliphatic carbocycles. The SMILES string of the molecule is COc1cc(C)ccc1C(C)NCC(C)C(C)(C)C. The summed E-state index contributed by atoms with van der Waals surface area (Å²) in [4.78, 5) is 0. The fourth-order valence-electron chi connectivity index (χ4n) is 1.95. The molecule has 2 unspecified atom stereocenters. The third kappa shape index (κ3) is 4.54. The summed E-state index contributed by atoms with van der Waals surface area (Å²) >= 11 is 0. The molecule has 19 heavy (non-hydrogen) atoms. The quantitative estimate of drug-likeness (QED) is 0.853. The second-order valence-corrected chi connectivity index (χ2v) is 6.64. The molecule has 2 nitrogen and oxygen atoms in total. The molecule has 1 aromatic rings. The Morgan fingerprint density at radius 2 is 1.84 bits per heavy atom. The molecule has 1 rings (SSSR count). The number of hydrogen-bond acceptors (Lipinski definition) is 2. The number of benzene rings is 1. The third-order valence-electron chi connectivity index (χ3n) is 4.06. The Labute approximate surface area is 118 Å². The monoisotopic (exact) mass is 263 g/mol. The summed E-state index contributed by atoms with van der Waals surface area (Å²) in [5.74, 6) is 1.61. The second-order valence-electron chi connectivity index (χ2n) is 6.64. The minimum absolute atomic E-state index is 0.306. The Morgan fingerprint density at radius 1 is 1.21 bits per heavy atom. The molecule has 0 aromatic heterocycles. The Morgan fingerprint density at radius 3 is 2.37 bits per heavy atom. The van der Waals surface area contributed by atoms with Gasteiger partial charge in [-0.25, -0.2) is 0 Å². The highest BCUT2D eigenvalue weighted by atomic mass is 16.5. The molecule has 0 amide bonds. The number of rotatable bonds is 5. The van der Waals surface area contributed by atoms with Gasteiger partial charge in [-0.2, -0.15) is 0 Å². The molecule has 0 bridgehead atoms. The number of aryl methyl sites for hydroxylation is 1. The van der Waals surface area contributed by atoms with Gasteiger partial charge in [-0.05, 0) is 43.4 Å². The Kier molecular flexibility index (Phi) is 5.42. The van der Waals surface area contributed by atoms with Gasteiger partial charge >= 0.3 is 0 Å². The van der Waals surface area contributed by atoms with Crippen molar-refractivity contribution >= 4 is 0 Å². The van der Waals surface area contributed by atoms with Crippen molar-refractivity contribution in [3.8, 4) is 5.75 Å². The smallest absolute Gasteiger partial charge is 0.123 e. The summed E-state index contributed by atoms with van der Waals surface area (Å²) < 4.78 is 5.48. The van der Waals surface area contributed by atoms with Crippen LogP contribution < -0.4 is 10.1 Å². The molecule has 0 fully saturated rings. The minimum Gasteiger partial charge on any atom is -0.496 e. The molecule has 0 aliphatic heterocycles. The van der Waals surface area contributed by atoms with E-state index < -0.39 is 0 Å². The van der Waals surface area contributed by atoms with Crippen molar-refractivity contribution in [1.29, 1.82) is 0 Å². The fraction of sp³-hybridized carbons (Fsp3) is 0.647. The summed E-state index contributed by atoms with van der Waals surface area (Å²) in [6, 6.07) is 6.71. The molecular weight excluding hydrogens is 234 g/mol. The average Bonchev–Trinajstić information content (AvgIpc) is 2.33. The maximum atomic E-state index is 5.48. The van der Waals surface area contributed by atoms with Crippen molar-refractivity contribution in [2.24, 2.45) is 11.3 Å². The summed E-state index contributed by atoms with van der Waals surface area (Å²) in [6.45, 7) is 14.5. The Bertz CT molecular complexity index is 406. The highest BCUT2D eigenvalue weighted by Gasteiger charge is 2.21.